The molecule has 1 heterocycles. The number of nitrogens with zero attached hydrogens (tertiary/aromatic N) is 1. The lowest BCUT2D eigenvalue weighted by molar-refractivity contribution is 0.321. The van der Waals surface area contributed by atoms with Crippen LogP contribution in [0.15, 0.2) is 21.1 Å². The van der Waals surface area contributed by atoms with Gasteiger partial charge in [0.05, 0.1) is 17.3 Å². The minimum Gasteiger partial charge on any atom is -0.495 e. The van der Waals surface area contributed by atoms with Gasteiger partial charge in [-0.25, -0.2) is 0 Å². The molecule has 0 amide bonds. The van der Waals surface area contributed by atoms with Gasteiger partial charge in [0.1, 0.15) is 5.75 Å². The summed E-state index contributed by atoms with van der Waals surface area (Å²) in [5, 5.41) is 3.76. The quantitative estimate of drug-likeness (QED) is 0.772. The minimum atomic E-state index is 0.205. The number of methoxy groups -OCH3 is 1. The van der Waals surface area contributed by atoms with Crippen molar-refractivity contribution in [2.45, 2.75) is 38.6 Å². The van der Waals surface area contributed by atoms with Gasteiger partial charge in [-0.1, -0.05) is 13.8 Å². The van der Waals surface area contributed by atoms with Crippen molar-refractivity contribution < 1.29 is 4.74 Å². The van der Waals surface area contributed by atoms with E-state index in [2.05, 4.69) is 68.1 Å². The zero-order chi connectivity index (χ0) is 15.5. The maximum absolute atomic E-state index is 5.46. The van der Waals surface area contributed by atoms with Crippen LogP contribution in [0.1, 0.15) is 33.1 Å². The molecular weight excluding hydrogens is 396 g/mol. The summed E-state index contributed by atoms with van der Waals surface area (Å²) in [5.74, 6) is 0.879. The van der Waals surface area contributed by atoms with Gasteiger partial charge in [-0.3, -0.25) is 0 Å². The highest BCUT2D eigenvalue weighted by Crippen LogP contribution is 2.38. The molecule has 1 aliphatic rings. The van der Waals surface area contributed by atoms with Crippen molar-refractivity contribution in [1.82, 2.24) is 5.32 Å². The highest BCUT2D eigenvalue weighted by Gasteiger charge is 2.31. The van der Waals surface area contributed by atoms with E-state index in [1.807, 2.05) is 0 Å². The van der Waals surface area contributed by atoms with Crippen LogP contribution in [0, 0.1) is 0 Å². The Kier molecular flexibility index (Phi) is 5.97. The first-order valence-electron chi connectivity index (χ1n) is 7.58. The van der Waals surface area contributed by atoms with Crippen molar-refractivity contribution in [1.29, 1.82) is 0 Å². The van der Waals surface area contributed by atoms with Crippen molar-refractivity contribution in [3.63, 3.8) is 0 Å². The highest BCUT2D eigenvalue weighted by molar-refractivity contribution is 9.11. The Morgan fingerprint density at radius 3 is 2.57 bits per heavy atom. The van der Waals surface area contributed by atoms with Crippen molar-refractivity contribution in [3.8, 4) is 5.75 Å². The third kappa shape index (κ3) is 3.74. The first-order chi connectivity index (χ1) is 10.0. The van der Waals surface area contributed by atoms with Crippen LogP contribution in [0.25, 0.3) is 0 Å². The zero-order valence-electron chi connectivity index (χ0n) is 13.0. The minimum absolute atomic E-state index is 0.205. The van der Waals surface area contributed by atoms with E-state index >= 15 is 0 Å². The molecule has 0 spiro atoms. The molecule has 0 atom stereocenters. The number of halogens is 2. The molecule has 1 fully saturated rings. The number of nitrogens with one attached hydrogen (secondary N) is 1. The second-order valence-corrected chi connectivity index (χ2v) is 7.34. The number of anilines is 1. The van der Waals surface area contributed by atoms with E-state index in [1.54, 1.807) is 7.11 Å². The molecule has 1 aromatic carbocycles. The summed E-state index contributed by atoms with van der Waals surface area (Å²) in [6, 6.07) is 4.20. The van der Waals surface area contributed by atoms with Gasteiger partial charge in [0, 0.05) is 29.2 Å². The van der Waals surface area contributed by atoms with Crippen LogP contribution >= 0.6 is 31.9 Å². The van der Waals surface area contributed by atoms with Crippen LogP contribution in [0.4, 0.5) is 5.69 Å². The second kappa shape index (κ2) is 7.34. The Morgan fingerprint density at radius 1 is 1.24 bits per heavy atom. The molecule has 1 aromatic rings. The molecule has 0 bridgehead atoms. The Hall–Kier alpha value is -0.260. The molecular formula is C16H24Br2N2O. The third-order valence-electron chi connectivity index (χ3n) is 4.51. The Bertz CT molecular complexity index is 489. The van der Waals surface area contributed by atoms with E-state index in [-0.39, 0.29) is 5.54 Å². The summed E-state index contributed by atoms with van der Waals surface area (Å²) >= 11 is 7.25. The first kappa shape index (κ1) is 17.1. The fourth-order valence-corrected chi connectivity index (χ4v) is 4.38. The third-order valence-corrected chi connectivity index (χ3v) is 5.77. The van der Waals surface area contributed by atoms with Crippen LogP contribution in [0.3, 0.4) is 0 Å². The SMILES string of the molecule is CCC1(CC)CN(c2cc(OC)c(Br)cc2Br)CCCN1. The fraction of sp³-hybridized carbons (Fsp3) is 0.625. The van der Waals surface area contributed by atoms with Gasteiger partial charge in [-0.15, -0.1) is 0 Å². The van der Waals surface area contributed by atoms with E-state index < -0.39 is 0 Å². The number of rotatable bonds is 4. The number of hydrogen-bond donors (Lipinski definition) is 1. The van der Waals surface area contributed by atoms with Crippen molar-refractivity contribution in [2.24, 2.45) is 0 Å². The molecule has 0 unspecified atom stereocenters. The van der Waals surface area contributed by atoms with Crippen LogP contribution in [0.2, 0.25) is 0 Å². The number of hydrogen-bond acceptors (Lipinski definition) is 3. The van der Waals surface area contributed by atoms with Gasteiger partial charge in [0.2, 0.25) is 0 Å². The van der Waals surface area contributed by atoms with E-state index in [1.165, 1.54) is 5.69 Å². The maximum atomic E-state index is 5.46. The molecule has 5 heteroatoms. The summed E-state index contributed by atoms with van der Waals surface area (Å²) < 4.78 is 7.54. The van der Waals surface area contributed by atoms with Crippen molar-refractivity contribution in [2.75, 3.05) is 31.6 Å². The van der Waals surface area contributed by atoms with E-state index in [9.17, 15) is 0 Å². The van der Waals surface area contributed by atoms with Crippen molar-refractivity contribution >= 4 is 37.5 Å². The molecule has 1 N–H and O–H groups in total. The van der Waals surface area contributed by atoms with E-state index in [0.717, 1.165) is 53.6 Å². The molecule has 2 rings (SSSR count). The summed E-state index contributed by atoms with van der Waals surface area (Å²) in [6.45, 7) is 7.74. The highest BCUT2D eigenvalue weighted by atomic mass is 79.9. The molecule has 0 saturated carbocycles. The van der Waals surface area contributed by atoms with Gasteiger partial charge >= 0.3 is 0 Å². The summed E-state index contributed by atoms with van der Waals surface area (Å²) in [5.41, 5.74) is 1.42. The summed E-state index contributed by atoms with van der Waals surface area (Å²) in [4.78, 5) is 2.48. The topological polar surface area (TPSA) is 24.5 Å². The molecule has 1 saturated heterocycles. The maximum Gasteiger partial charge on any atom is 0.135 e. The second-order valence-electron chi connectivity index (χ2n) is 5.63. The smallest absolute Gasteiger partial charge is 0.135 e. The first-order valence-corrected chi connectivity index (χ1v) is 9.17. The largest absolute Gasteiger partial charge is 0.495 e. The number of benzene rings is 1. The lowest BCUT2D eigenvalue weighted by atomic mass is 9.92. The van der Waals surface area contributed by atoms with Gasteiger partial charge in [0.15, 0.2) is 0 Å². The predicted octanol–water partition coefficient (Wildman–Crippen LogP) is 4.58. The Morgan fingerprint density at radius 2 is 1.95 bits per heavy atom. The standard InChI is InChI=1S/C16H24Br2N2O/c1-4-16(5-2)11-20(8-6-7-19-16)14-10-15(21-3)13(18)9-12(14)17/h9-10,19H,4-8,11H2,1-3H3. The molecule has 3 nitrogen and oxygen atoms in total. The van der Waals surface area contributed by atoms with E-state index in [4.69, 9.17) is 4.74 Å². The molecule has 0 radical (unpaired) electrons. The molecule has 21 heavy (non-hydrogen) atoms. The fourth-order valence-electron chi connectivity index (χ4n) is 2.97. The molecule has 118 valence electrons. The zero-order valence-corrected chi connectivity index (χ0v) is 16.2. The van der Waals surface area contributed by atoms with E-state index in [0.29, 0.717) is 0 Å². The molecule has 1 aliphatic heterocycles. The average Bonchev–Trinajstić information content (AvgIpc) is 2.70. The van der Waals surface area contributed by atoms with Gasteiger partial charge in [-0.2, -0.15) is 0 Å². The Labute approximate surface area is 144 Å². The van der Waals surface area contributed by atoms with Gasteiger partial charge < -0.3 is 15.0 Å². The molecule has 0 aromatic heterocycles. The van der Waals surface area contributed by atoms with Gasteiger partial charge in [0.25, 0.3) is 0 Å². The monoisotopic (exact) mass is 418 g/mol. The molecule has 0 aliphatic carbocycles. The summed E-state index contributed by atoms with van der Waals surface area (Å²) in [7, 11) is 1.71. The average molecular weight is 420 g/mol. The summed E-state index contributed by atoms with van der Waals surface area (Å²) in [6.07, 6.45) is 3.45. The Balaban J connectivity index is 2.35. The number of ether oxygens (including phenoxy) is 1. The van der Waals surface area contributed by atoms with Crippen molar-refractivity contribution in [3.05, 3.63) is 21.1 Å². The van der Waals surface area contributed by atoms with Crippen LogP contribution in [0.5, 0.6) is 5.75 Å². The normalized spacial score (nSPS) is 18.4. The van der Waals surface area contributed by atoms with Crippen LogP contribution in [-0.2, 0) is 0 Å². The van der Waals surface area contributed by atoms with Crippen LogP contribution in [-0.4, -0.2) is 32.3 Å². The lowest BCUT2D eigenvalue weighted by Crippen LogP contribution is -2.50. The van der Waals surface area contributed by atoms with Gasteiger partial charge in [-0.05, 0) is 63.7 Å². The lowest BCUT2D eigenvalue weighted by Gasteiger charge is -2.37. The predicted molar refractivity (Wildman–Crippen MR) is 96.5 cm³/mol. The van der Waals surface area contributed by atoms with Crippen LogP contribution < -0.4 is 15.0 Å².